The topological polar surface area (TPSA) is 78.1 Å². The van der Waals surface area contributed by atoms with E-state index >= 15 is 0 Å². The molecule has 4 heterocycles. The van der Waals surface area contributed by atoms with Crippen LogP contribution in [0.2, 0.25) is 0 Å². The molecule has 5 rings (SSSR count). The van der Waals surface area contributed by atoms with Gasteiger partial charge in [0.1, 0.15) is 11.6 Å². The summed E-state index contributed by atoms with van der Waals surface area (Å²) in [7, 11) is 1.41. The molecule has 2 aromatic heterocycles. The number of likely N-dealkylation sites (tertiary alicyclic amines) is 1. The van der Waals surface area contributed by atoms with Crippen LogP contribution in [-0.2, 0) is 19.1 Å². The van der Waals surface area contributed by atoms with Gasteiger partial charge in [0.25, 0.3) is 5.91 Å². The fourth-order valence-electron chi connectivity index (χ4n) is 4.94. The predicted octanol–water partition coefficient (Wildman–Crippen LogP) is 4.24. The number of piperidine rings is 1. The van der Waals surface area contributed by atoms with E-state index in [4.69, 9.17) is 4.74 Å². The number of nitrogens with zero attached hydrogens (tertiary/aromatic N) is 6. The van der Waals surface area contributed by atoms with Gasteiger partial charge in [0.15, 0.2) is 11.4 Å². The van der Waals surface area contributed by atoms with Crippen LogP contribution in [0.15, 0.2) is 30.5 Å². The lowest BCUT2D eigenvalue weighted by molar-refractivity contribution is -0.137. The van der Waals surface area contributed by atoms with Gasteiger partial charge in [-0.15, -0.1) is 10.2 Å². The molecule has 1 aromatic carbocycles. The van der Waals surface area contributed by atoms with E-state index in [2.05, 4.69) is 19.9 Å². The van der Waals surface area contributed by atoms with Crippen LogP contribution in [0.4, 0.5) is 13.2 Å². The van der Waals surface area contributed by atoms with Crippen LogP contribution in [0, 0.1) is 0 Å². The lowest BCUT2D eigenvalue weighted by Crippen LogP contribution is -2.40. The third-order valence-corrected chi connectivity index (χ3v) is 6.75. The molecule has 1 unspecified atom stereocenters. The maximum Gasteiger partial charge on any atom is 0.416 e. The number of halogens is 3. The molecule has 2 aliphatic rings. The number of aryl methyl sites for hydroxylation is 1. The van der Waals surface area contributed by atoms with Crippen LogP contribution in [0.3, 0.4) is 0 Å². The van der Waals surface area contributed by atoms with Crippen molar-refractivity contribution >= 4 is 5.91 Å². The Labute approximate surface area is 200 Å². The minimum atomic E-state index is -4.48. The number of alkyl halides is 3. The molecule has 186 valence electrons. The van der Waals surface area contributed by atoms with Crippen LogP contribution in [0.25, 0.3) is 5.69 Å². The maximum atomic E-state index is 13.5. The molecule has 0 saturated carbocycles. The molecule has 35 heavy (non-hydrogen) atoms. The fourth-order valence-corrected chi connectivity index (χ4v) is 4.94. The number of carbonyl (C=O) groups excluding carboxylic acids is 1. The first-order valence-corrected chi connectivity index (χ1v) is 11.9. The Morgan fingerprint density at radius 3 is 2.77 bits per heavy atom. The lowest BCUT2D eigenvalue weighted by atomic mass is 9.96. The minimum Gasteiger partial charge on any atom is -0.493 e. The summed E-state index contributed by atoms with van der Waals surface area (Å²) in [6.07, 6.45) is 2.99. The van der Waals surface area contributed by atoms with E-state index in [1.807, 2.05) is 0 Å². The van der Waals surface area contributed by atoms with Crippen LogP contribution in [-0.4, -0.2) is 55.6 Å². The third-order valence-electron chi connectivity index (χ3n) is 6.75. The standard InChI is InChI=1S/C24H27F3N6O2/c1-35-19-15-33(18-9-5-8-17(13-18)24(25,26)27)30-21(19)23(34)31-11-6-7-16(14-31)22-29-28-20-10-3-2-4-12-32(20)22/h5,8-9,13,15-16H,2-4,6-7,10-12,14H2,1H3. The summed E-state index contributed by atoms with van der Waals surface area (Å²) in [6.45, 7) is 1.95. The van der Waals surface area contributed by atoms with Gasteiger partial charge < -0.3 is 14.2 Å². The predicted molar refractivity (Wildman–Crippen MR) is 121 cm³/mol. The van der Waals surface area contributed by atoms with Crippen molar-refractivity contribution < 1.29 is 22.7 Å². The highest BCUT2D eigenvalue weighted by Gasteiger charge is 2.33. The second-order valence-electron chi connectivity index (χ2n) is 9.07. The summed E-state index contributed by atoms with van der Waals surface area (Å²) in [6, 6.07) is 4.80. The van der Waals surface area contributed by atoms with Crippen molar-refractivity contribution in [3.05, 3.63) is 53.4 Å². The number of benzene rings is 1. The molecule has 1 amide bonds. The fraction of sp³-hybridized carbons (Fsp3) is 0.500. The quantitative estimate of drug-likeness (QED) is 0.549. The van der Waals surface area contributed by atoms with Gasteiger partial charge in [0.2, 0.25) is 0 Å². The molecule has 0 N–H and O–H groups in total. The zero-order valence-corrected chi connectivity index (χ0v) is 19.5. The first-order valence-electron chi connectivity index (χ1n) is 11.9. The molecular formula is C24H27F3N6O2. The number of amides is 1. The molecule has 0 spiro atoms. The molecule has 0 aliphatic carbocycles. The number of carbonyl (C=O) groups is 1. The van der Waals surface area contributed by atoms with Crippen molar-refractivity contribution in [3.63, 3.8) is 0 Å². The van der Waals surface area contributed by atoms with Crippen molar-refractivity contribution in [1.82, 2.24) is 29.4 Å². The Bertz CT molecular complexity index is 1220. The van der Waals surface area contributed by atoms with E-state index < -0.39 is 11.7 Å². The van der Waals surface area contributed by atoms with E-state index in [1.54, 1.807) is 4.90 Å². The summed E-state index contributed by atoms with van der Waals surface area (Å²) in [5.41, 5.74) is -0.519. The molecule has 1 atom stereocenters. The van der Waals surface area contributed by atoms with Crippen LogP contribution >= 0.6 is 0 Å². The van der Waals surface area contributed by atoms with Gasteiger partial charge in [-0.2, -0.15) is 18.3 Å². The van der Waals surface area contributed by atoms with Gasteiger partial charge in [-0.3, -0.25) is 4.79 Å². The van der Waals surface area contributed by atoms with Crippen molar-refractivity contribution in [3.8, 4) is 11.4 Å². The first kappa shape index (κ1) is 23.4. The van der Waals surface area contributed by atoms with E-state index in [-0.39, 0.29) is 29.0 Å². The van der Waals surface area contributed by atoms with Gasteiger partial charge in [-0.25, -0.2) is 4.68 Å². The van der Waals surface area contributed by atoms with Gasteiger partial charge in [-0.05, 0) is 43.9 Å². The Kier molecular flexibility index (Phi) is 6.24. The minimum absolute atomic E-state index is 0.0728. The number of rotatable bonds is 4. The molecule has 3 aromatic rings. The molecule has 11 heteroatoms. The SMILES string of the molecule is COc1cn(-c2cccc(C(F)(F)F)c2)nc1C(=O)N1CCCC(c2nnc3n2CCCCC3)C1. The molecule has 0 radical (unpaired) electrons. The van der Waals surface area contributed by atoms with Gasteiger partial charge in [-0.1, -0.05) is 12.5 Å². The monoisotopic (exact) mass is 488 g/mol. The van der Waals surface area contributed by atoms with Gasteiger partial charge >= 0.3 is 6.18 Å². The summed E-state index contributed by atoms with van der Waals surface area (Å²) in [5.74, 6) is 1.92. The van der Waals surface area contributed by atoms with E-state index in [0.717, 1.165) is 62.4 Å². The maximum absolute atomic E-state index is 13.5. The number of aromatic nitrogens is 5. The third kappa shape index (κ3) is 4.63. The highest BCUT2D eigenvalue weighted by molar-refractivity contribution is 5.95. The Morgan fingerprint density at radius 2 is 1.97 bits per heavy atom. The molecule has 0 bridgehead atoms. The molecule has 1 saturated heterocycles. The number of fused-ring (bicyclic) bond motifs is 1. The average Bonchev–Trinajstić information content (AvgIpc) is 3.41. The number of hydrogen-bond acceptors (Lipinski definition) is 5. The van der Waals surface area contributed by atoms with Gasteiger partial charge in [0, 0.05) is 32.0 Å². The molecular weight excluding hydrogens is 461 g/mol. The Morgan fingerprint density at radius 1 is 1.11 bits per heavy atom. The zero-order valence-electron chi connectivity index (χ0n) is 19.5. The Balaban J connectivity index is 1.39. The van der Waals surface area contributed by atoms with Crippen molar-refractivity contribution in [2.45, 2.75) is 57.2 Å². The summed E-state index contributed by atoms with van der Waals surface area (Å²) in [4.78, 5) is 15.2. The number of hydrogen-bond donors (Lipinski definition) is 0. The Hall–Kier alpha value is -3.37. The first-order chi connectivity index (χ1) is 16.8. The van der Waals surface area contributed by atoms with E-state index in [0.29, 0.717) is 13.1 Å². The van der Waals surface area contributed by atoms with Gasteiger partial charge in [0.05, 0.1) is 24.6 Å². The second kappa shape index (κ2) is 9.35. The largest absolute Gasteiger partial charge is 0.493 e. The smallest absolute Gasteiger partial charge is 0.416 e. The van der Waals surface area contributed by atoms with Crippen molar-refractivity contribution in [2.75, 3.05) is 20.2 Å². The van der Waals surface area contributed by atoms with Crippen LogP contribution in [0.5, 0.6) is 5.75 Å². The van der Waals surface area contributed by atoms with Crippen molar-refractivity contribution in [1.29, 1.82) is 0 Å². The zero-order chi connectivity index (χ0) is 24.6. The molecule has 1 fully saturated rings. The number of ether oxygens (including phenoxy) is 1. The summed E-state index contributed by atoms with van der Waals surface area (Å²) in [5, 5.41) is 13.2. The highest BCUT2D eigenvalue weighted by Crippen LogP contribution is 2.32. The number of methoxy groups -OCH3 is 1. The normalized spacial score (nSPS) is 18.7. The molecule has 8 nitrogen and oxygen atoms in total. The summed E-state index contributed by atoms with van der Waals surface area (Å²) < 4.78 is 48.3. The highest BCUT2D eigenvalue weighted by atomic mass is 19.4. The summed E-state index contributed by atoms with van der Waals surface area (Å²) >= 11 is 0. The van der Waals surface area contributed by atoms with Crippen LogP contribution < -0.4 is 4.74 Å². The van der Waals surface area contributed by atoms with E-state index in [9.17, 15) is 18.0 Å². The lowest BCUT2D eigenvalue weighted by Gasteiger charge is -2.32. The molecule has 2 aliphatic heterocycles. The van der Waals surface area contributed by atoms with Crippen LogP contribution in [0.1, 0.15) is 65.7 Å². The van der Waals surface area contributed by atoms with E-state index in [1.165, 1.54) is 36.5 Å². The second-order valence-corrected chi connectivity index (χ2v) is 9.07. The van der Waals surface area contributed by atoms with Crippen molar-refractivity contribution in [2.24, 2.45) is 0 Å². The average molecular weight is 489 g/mol.